The van der Waals surface area contributed by atoms with Crippen LogP contribution in [0.2, 0.25) is 0 Å². The van der Waals surface area contributed by atoms with E-state index in [4.69, 9.17) is 4.74 Å². The van der Waals surface area contributed by atoms with Crippen molar-refractivity contribution in [1.82, 2.24) is 0 Å². The van der Waals surface area contributed by atoms with Crippen LogP contribution in [0.5, 0.6) is 0 Å². The summed E-state index contributed by atoms with van der Waals surface area (Å²) in [5.74, 6) is 0. The van der Waals surface area contributed by atoms with Gasteiger partial charge >= 0.3 is 0 Å². The molecule has 5 heteroatoms. The molecule has 0 aliphatic rings. The van der Waals surface area contributed by atoms with Crippen molar-refractivity contribution in [3.05, 3.63) is 114 Å². The second-order valence-electron chi connectivity index (χ2n) is 11.0. The van der Waals surface area contributed by atoms with Crippen LogP contribution in [0, 0.1) is 0 Å². The molecule has 5 nitrogen and oxygen atoms in total. The Bertz CT molecular complexity index is 1270. The molecule has 3 aromatic rings. The minimum absolute atomic E-state index is 0.633. The molecule has 2 aromatic carbocycles. The van der Waals surface area contributed by atoms with Gasteiger partial charge in [0.25, 0.3) is 0 Å². The number of aromatic nitrogens is 1. The number of nitrogens with zero attached hydrogens (tertiary/aromatic N) is 4. The van der Waals surface area contributed by atoms with Gasteiger partial charge in [-0.1, -0.05) is 36.4 Å². The van der Waals surface area contributed by atoms with E-state index >= 15 is 0 Å². The van der Waals surface area contributed by atoms with Crippen LogP contribution in [-0.2, 0) is 30.5 Å². The minimum Gasteiger partial charge on any atom is -0.373 e. The minimum atomic E-state index is 0.633. The zero-order valence-electron chi connectivity index (χ0n) is 27.9. The Morgan fingerprint density at radius 2 is 1.23 bits per heavy atom. The first-order valence-electron chi connectivity index (χ1n) is 16.6. The molecule has 0 amide bonds. The van der Waals surface area contributed by atoms with E-state index in [0.717, 1.165) is 58.4 Å². The molecule has 0 aliphatic heterocycles. The van der Waals surface area contributed by atoms with Crippen molar-refractivity contribution >= 4 is 17.6 Å². The molecule has 1 heterocycles. The first-order valence-corrected chi connectivity index (χ1v) is 16.6. The number of hydrogen-bond acceptors (Lipinski definition) is 4. The average Bonchev–Trinajstić information content (AvgIpc) is 3.06. The summed E-state index contributed by atoms with van der Waals surface area (Å²) in [7, 11) is 0. The summed E-state index contributed by atoms with van der Waals surface area (Å²) in [5, 5.41) is 0. The van der Waals surface area contributed by atoms with Gasteiger partial charge in [-0.25, -0.2) is 4.57 Å². The van der Waals surface area contributed by atoms with E-state index in [1.54, 1.807) is 0 Å². The van der Waals surface area contributed by atoms with Crippen LogP contribution in [0.1, 0.15) is 57.7 Å². The Labute approximate surface area is 267 Å². The second kappa shape index (κ2) is 20.3. The average molecular weight is 596 g/mol. The van der Waals surface area contributed by atoms with E-state index in [1.807, 2.05) is 6.21 Å². The normalized spacial score (nSPS) is 12.0. The lowest BCUT2D eigenvalue weighted by atomic mass is 10.0. The van der Waals surface area contributed by atoms with Gasteiger partial charge in [0.1, 0.15) is 6.61 Å². The van der Waals surface area contributed by atoms with Crippen LogP contribution in [-0.4, -0.2) is 52.2 Å². The first-order chi connectivity index (χ1) is 21.6. The fraction of sp³-hybridized carbons (Fsp3) is 0.436. The van der Waals surface area contributed by atoms with Crippen molar-refractivity contribution in [1.29, 1.82) is 0 Å². The highest BCUT2D eigenvalue weighted by Crippen LogP contribution is 2.18. The largest absolute Gasteiger partial charge is 0.373 e. The standard InChI is InChI=1S/C39H55N4O/c1-6-11-34(12-13-35-16-20-38(21-17-35)42(7-2)8-3)24-27-40-28-32-44-33-31-41-29-25-37(26-30-41)15-14-36-18-22-39(23-19-36)43(9-4)10-5/h6,11,16-27,29-30H,7-10,12-15,28,31-33H2,1-5H3/q+1/b11-6-,34-24+,40-27+. The Morgan fingerprint density at radius 1 is 0.705 bits per heavy atom. The first kappa shape index (κ1) is 34.8. The maximum atomic E-state index is 5.84. The quantitative estimate of drug-likeness (QED) is 0.0581. The van der Waals surface area contributed by atoms with Gasteiger partial charge in [-0.2, -0.15) is 0 Å². The number of benzene rings is 2. The third kappa shape index (κ3) is 12.1. The fourth-order valence-corrected chi connectivity index (χ4v) is 5.35. The number of anilines is 2. The predicted octanol–water partition coefficient (Wildman–Crippen LogP) is 7.67. The van der Waals surface area contributed by atoms with E-state index in [0.29, 0.717) is 19.8 Å². The van der Waals surface area contributed by atoms with Crippen LogP contribution < -0.4 is 14.4 Å². The Morgan fingerprint density at radius 3 is 1.75 bits per heavy atom. The molecule has 0 atom stereocenters. The number of aryl methyl sites for hydroxylation is 3. The lowest BCUT2D eigenvalue weighted by molar-refractivity contribution is -0.698. The number of allylic oxidation sites excluding steroid dienone is 4. The molecule has 0 spiro atoms. The highest BCUT2D eigenvalue weighted by Gasteiger charge is 2.05. The van der Waals surface area contributed by atoms with Crippen molar-refractivity contribution in [2.45, 2.75) is 66.8 Å². The van der Waals surface area contributed by atoms with Gasteiger partial charge < -0.3 is 14.5 Å². The predicted molar refractivity (Wildman–Crippen MR) is 189 cm³/mol. The Hall–Kier alpha value is -3.70. The second-order valence-corrected chi connectivity index (χ2v) is 11.0. The van der Waals surface area contributed by atoms with E-state index in [1.165, 1.54) is 33.6 Å². The maximum Gasteiger partial charge on any atom is 0.171 e. The molecule has 236 valence electrons. The number of ether oxygens (including phenoxy) is 1. The van der Waals surface area contributed by atoms with E-state index in [2.05, 4.69) is 145 Å². The summed E-state index contributed by atoms with van der Waals surface area (Å²) in [4.78, 5) is 9.30. The summed E-state index contributed by atoms with van der Waals surface area (Å²) >= 11 is 0. The van der Waals surface area contributed by atoms with Crippen molar-refractivity contribution in [2.75, 3.05) is 55.7 Å². The molecule has 0 unspecified atom stereocenters. The van der Waals surface area contributed by atoms with Crippen molar-refractivity contribution in [3.8, 4) is 0 Å². The van der Waals surface area contributed by atoms with Gasteiger partial charge in [0, 0.05) is 55.9 Å². The molecule has 0 saturated heterocycles. The SMILES string of the molecule is C\C=C/C(=C\C=N\CCOCC[n+]1ccc(CCc2ccc(N(CC)CC)cc2)cc1)CCc1ccc(N(CC)CC)cc1. The van der Waals surface area contributed by atoms with Crippen LogP contribution in [0.3, 0.4) is 0 Å². The molecule has 0 fully saturated rings. The molecule has 0 N–H and O–H groups in total. The zero-order chi connectivity index (χ0) is 31.4. The van der Waals surface area contributed by atoms with Crippen molar-refractivity contribution < 1.29 is 9.30 Å². The van der Waals surface area contributed by atoms with E-state index in [9.17, 15) is 0 Å². The highest BCUT2D eigenvalue weighted by atomic mass is 16.5. The summed E-state index contributed by atoms with van der Waals surface area (Å²) < 4.78 is 8.03. The molecule has 1 aromatic heterocycles. The summed E-state index contributed by atoms with van der Waals surface area (Å²) in [6, 6.07) is 22.5. The topological polar surface area (TPSA) is 32.0 Å². The molecule has 0 radical (unpaired) electrons. The fourth-order valence-electron chi connectivity index (χ4n) is 5.35. The van der Waals surface area contributed by atoms with Crippen LogP contribution >= 0.6 is 0 Å². The number of pyridine rings is 1. The summed E-state index contributed by atoms with van der Waals surface area (Å²) in [5.41, 5.74) is 8.02. The molecule has 0 bridgehead atoms. The smallest absolute Gasteiger partial charge is 0.171 e. The Kier molecular flexibility index (Phi) is 16.0. The van der Waals surface area contributed by atoms with E-state index < -0.39 is 0 Å². The molecule has 0 aliphatic carbocycles. The molecule has 3 rings (SSSR count). The number of rotatable bonds is 20. The molecule has 0 saturated carbocycles. The number of hydrogen-bond donors (Lipinski definition) is 0. The van der Waals surface area contributed by atoms with Crippen molar-refractivity contribution in [2.24, 2.45) is 4.99 Å². The lowest BCUT2D eigenvalue weighted by Crippen LogP contribution is -2.35. The Balaban J connectivity index is 1.32. The van der Waals surface area contributed by atoms with E-state index in [-0.39, 0.29) is 0 Å². The third-order valence-electron chi connectivity index (χ3n) is 8.13. The molecular weight excluding hydrogens is 540 g/mol. The third-order valence-corrected chi connectivity index (χ3v) is 8.13. The van der Waals surface area contributed by atoms with Gasteiger partial charge in [-0.15, -0.1) is 0 Å². The van der Waals surface area contributed by atoms with Gasteiger partial charge in [0.05, 0.1) is 13.2 Å². The van der Waals surface area contributed by atoms with Gasteiger partial charge in [0.2, 0.25) is 0 Å². The monoisotopic (exact) mass is 595 g/mol. The van der Waals surface area contributed by atoms with Crippen LogP contribution in [0.25, 0.3) is 0 Å². The number of aliphatic imine (C=N–C) groups is 1. The molecular formula is C39H55N4O+. The summed E-state index contributed by atoms with van der Waals surface area (Å²) in [6.45, 7) is 17.9. The summed E-state index contributed by atoms with van der Waals surface area (Å²) in [6.07, 6.45) is 16.8. The van der Waals surface area contributed by atoms with Gasteiger partial charge in [-0.05, 0) is 113 Å². The maximum absolute atomic E-state index is 5.84. The van der Waals surface area contributed by atoms with Gasteiger partial charge in [-0.3, -0.25) is 4.99 Å². The molecule has 44 heavy (non-hydrogen) atoms. The van der Waals surface area contributed by atoms with Crippen LogP contribution in [0.4, 0.5) is 11.4 Å². The lowest BCUT2D eigenvalue weighted by Gasteiger charge is -2.21. The zero-order valence-corrected chi connectivity index (χ0v) is 27.9. The van der Waals surface area contributed by atoms with Gasteiger partial charge in [0.15, 0.2) is 18.9 Å². The van der Waals surface area contributed by atoms with Crippen molar-refractivity contribution in [3.63, 3.8) is 0 Å². The van der Waals surface area contributed by atoms with Crippen LogP contribution in [0.15, 0.2) is 102 Å². The highest BCUT2D eigenvalue weighted by molar-refractivity contribution is 5.73.